The summed E-state index contributed by atoms with van der Waals surface area (Å²) >= 11 is 1.33. The average molecular weight is 402 g/mol. The van der Waals surface area contributed by atoms with Crippen molar-refractivity contribution in [3.63, 3.8) is 0 Å². The molecule has 1 N–H and O–H groups in total. The minimum absolute atomic E-state index is 0.000352. The second-order valence-electron chi connectivity index (χ2n) is 7.00. The van der Waals surface area contributed by atoms with E-state index in [-0.39, 0.29) is 11.8 Å². The van der Waals surface area contributed by atoms with Crippen molar-refractivity contribution in [2.75, 3.05) is 7.11 Å². The predicted octanol–water partition coefficient (Wildman–Crippen LogP) is 3.51. The molecule has 8 heteroatoms. The van der Waals surface area contributed by atoms with E-state index in [4.69, 9.17) is 4.74 Å². The highest BCUT2D eigenvalue weighted by Gasteiger charge is 2.32. The summed E-state index contributed by atoms with van der Waals surface area (Å²) in [5, 5.41) is 21.1. The van der Waals surface area contributed by atoms with Gasteiger partial charge in [0, 0.05) is 12.1 Å². The Balaban J connectivity index is 2.19. The van der Waals surface area contributed by atoms with Gasteiger partial charge in [-0.2, -0.15) is 5.26 Å². The minimum Gasteiger partial charge on any atom is -0.497 e. The van der Waals surface area contributed by atoms with Crippen LogP contribution in [0.1, 0.15) is 34.6 Å². The van der Waals surface area contributed by atoms with Crippen LogP contribution < -0.4 is 10.1 Å². The lowest BCUT2D eigenvalue weighted by Gasteiger charge is -2.28. The quantitative estimate of drug-likeness (QED) is 0.681. The van der Waals surface area contributed by atoms with Crippen molar-refractivity contribution in [3.8, 4) is 23.2 Å². The standard InChI is InChI=1S/C20H27N5O2S/c1-7-25-17(15-8-10-16(27-6)11-9-15)23-24-19(25)28-14(4)18(26)22-20(5,12-21)13(2)3/h8-11,13-14H,7H2,1-6H3,(H,22,26)/t14-,20-/m1/s1. The molecule has 0 saturated carbocycles. The third-order valence-electron chi connectivity index (χ3n) is 4.80. The molecule has 0 radical (unpaired) electrons. The summed E-state index contributed by atoms with van der Waals surface area (Å²) in [5.41, 5.74) is 0.0226. The number of carbonyl (C=O) groups is 1. The van der Waals surface area contributed by atoms with Crippen LogP contribution in [0.15, 0.2) is 29.4 Å². The first-order chi connectivity index (χ1) is 13.3. The largest absolute Gasteiger partial charge is 0.497 e. The number of amides is 1. The Kier molecular flexibility index (Phi) is 7.08. The number of nitriles is 1. The van der Waals surface area contributed by atoms with Crippen molar-refractivity contribution >= 4 is 17.7 Å². The van der Waals surface area contributed by atoms with Crippen LogP contribution in [-0.2, 0) is 11.3 Å². The Hall–Kier alpha value is -2.53. The Labute approximate surface area is 170 Å². The van der Waals surface area contributed by atoms with E-state index in [2.05, 4.69) is 21.6 Å². The average Bonchev–Trinajstić information content (AvgIpc) is 3.10. The molecule has 0 bridgehead atoms. The predicted molar refractivity (Wildman–Crippen MR) is 110 cm³/mol. The summed E-state index contributed by atoms with van der Waals surface area (Å²) in [6.07, 6.45) is 0. The van der Waals surface area contributed by atoms with Crippen molar-refractivity contribution < 1.29 is 9.53 Å². The lowest BCUT2D eigenvalue weighted by atomic mass is 9.90. The van der Waals surface area contributed by atoms with Gasteiger partial charge in [0.1, 0.15) is 11.3 Å². The second-order valence-corrected chi connectivity index (χ2v) is 8.31. The molecule has 28 heavy (non-hydrogen) atoms. The summed E-state index contributed by atoms with van der Waals surface area (Å²) in [5.74, 6) is 1.32. The van der Waals surface area contributed by atoms with Crippen molar-refractivity contribution in [1.82, 2.24) is 20.1 Å². The van der Waals surface area contributed by atoms with Gasteiger partial charge in [-0.15, -0.1) is 10.2 Å². The zero-order valence-electron chi connectivity index (χ0n) is 17.2. The highest BCUT2D eigenvalue weighted by Crippen LogP contribution is 2.28. The zero-order valence-corrected chi connectivity index (χ0v) is 18.0. The van der Waals surface area contributed by atoms with Crippen LogP contribution in [0.25, 0.3) is 11.4 Å². The normalized spacial score (nSPS) is 14.2. The Morgan fingerprint density at radius 1 is 1.32 bits per heavy atom. The minimum atomic E-state index is -0.904. The fourth-order valence-corrected chi connectivity index (χ4v) is 3.40. The molecule has 150 valence electrons. The van der Waals surface area contributed by atoms with Gasteiger partial charge < -0.3 is 14.6 Å². The van der Waals surface area contributed by atoms with Gasteiger partial charge in [-0.25, -0.2) is 0 Å². The van der Waals surface area contributed by atoms with Gasteiger partial charge in [-0.05, 0) is 51.0 Å². The lowest BCUT2D eigenvalue weighted by Crippen LogP contribution is -2.51. The number of ether oxygens (including phenoxy) is 1. The van der Waals surface area contributed by atoms with E-state index in [0.29, 0.717) is 11.7 Å². The molecular weight excluding hydrogens is 374 g/mol. The number of carbonyl (C=O) groups excluding carboxylic acids is 1. The first kappa shape index (κ1) is 21.8. The monoisotopic (exact) mass is 401 g/mol. The van der Waals surface area contributed by atoms with Crippen LogP contribution in [0.2, 0.25) is 0 Å². The molecule has 1 amide bonds. The first-order valence-electron chi connectivity index (χ1n) is 9.23. The Bertz CT molecular complexity index is 856. The summed E-state index contributed by atoms with van der Waals surface area (Å²) in [7, 11) is 1.63. The van der Waals surface area contributed by atoms with E-state index in [1.54, 1.807) is 21.0 Å². The molecule has 0 saturated heterocycles. The van der Waals surface area contributed by atoms with E-state index in [1.165, 1.54) is 11.8 Å². The van der Waals surface area contributed by atoms with Gasteiger partial charge in [-0.3, -0.25) is 4.79 Å². The van der Waals surface area contributed by atoms with Crippen molar-refractivity contribution in [2.45, 2.75) is 57.1 Å². The number of hydrogen-bond acceptors (Lipinski definition) is 6. The molecule has 1 aromatic heterocycles. The Morgan fingerprint density at radius 2 is 1.96 bits per heavy atom. The van der Waals surface area contributed by atoms with E-state index in [0.717, 1.165) is 17.1 Å². The van der Waals surface area contributed by atoms with E-state index < -0.39 is 10.8 Å². The first-order valence-corrected chi connectivity index (χ1v) is 10.1. The molecule has 7 nitrogen and oxygen atoms in total. The second kappa shape index (κ2) is 9.11. The number of thioether (sulfide) groups is 1. The van der Waals surface area contributed by atoms with Gasteiger partial charge in [0.25, 0.3) is 0 Å². The van der Waals surface area contributed by atoms with Crippen LogP contribution >= 0.6 is 11.8 Å². The van der Waals surface area contributed by atoms with Crippen LogP contribution in [0.4, 0.5) is 0 Å². The van der Waals surface area contributed by atoms with Crippen LogP contribution in [-0.4, -0.2) is 38.6 Å². The fourth-order valence-electron chi connectivity index (χ4n) is 2.49. The number of nitrogens with one attached hydrogen (secondary N) is 1. The molecule has 0 aliphatic rings. The molecule has 2 rings (SSSR count). The molecule has 1 heterocycles. The number of hydrogen-bond donors (Lipinski definition) is 1. The van der Waals surface area contributed by atoms with Gasteiger partial charge in [-0.1, -0.05) is 25.6 Å². The molecule has 2 aromatic rings. The summed E-state index contributed by atoms with van der Waals surface area (Å²) in [4.78, 5) is 12.6. The summed E-state index contributed by atoms with van der Waals surface area (Å²) in [6, 6.07) is 9.82. The van der Waals surface area contributed by atoms with E-state index in [1.807, 2.05) is 49.6 Å². The van der Waals surface area contributed by atoms with Crippen LogP contribution in [0, 0.1) is 17.2 Å². The Morgan fingerprint density at radius 3 is 2.46 bits per heavy atom. The molecule has 2 atom stereocenters. The molecule has 0 aliphatic heterocycles. The van der Waals surface area contributed by atoms with Crippen LogP contribution in [0.5, 0.6) is 5.75 Å². The van der Waals surface area contributed by atoms with Crippen molar-refractivity contribution in [1.29, 1.82) is 5.26 Å². The number of aromatic nitrogens is 3. The SMILES string of the molecule is CCn1c(S[C@H](C)C(=O)N[C@](C)(C#N)C(C)C)nnc1-c1ccc(OC)cc1. The third-order valence-corrected chi connectivity index (χ3v) is 5.88. The maximum absolute atomic E-state index is 12.6. The molecule has 0 aliphatic carbocycles. The summed E-state index contributed by atoms with van der Waals surface area (Å²) < 4.78 is 7.17. The highest BCUT2D eigenvalue weighted by atomic mass is 32.2. The van der Waals surface area contributed by atoms with Gasteiger partial charge in [0.05, 0.1) is 18.4 Å². The number of rotatable bonds is 8. The highest BCUT2D eigenvalue weighted by molar-refractivity contribution is 8.00. The molecular formula is C20H27N5O2S. The van der Waals surface area contributed by atoms with Gasteiger partial charge in [0.2, 0.25) is 5.91 Å². The lowest BCUT2D eigenvalue weighted by molar-refractivity contribution is -0.121. The molecule has 0 spiro atoms. The van der Waals surface area contributed by atoms with E-state index >= 15 is 0 Å². The van der Waals surface area contributed by atoms with Gasteiger partial charge in [0.15, 0.2) is 11.0 Å². The number of methoxy groups -OCH3 is 1. The third kappa shape index (κ3) is 4.65. The van der Waals surface area contributed by atoms with Crippen molar-refractivity contribution in [2.24, 2.45) is 5.92 Å². The van der Waals surface area contributed by atoms with Crippen LogP contribution in [0.3, 0.4) is 0 Å². The van der Waals surface area contributed by atoms with Gasteiger partial charge >= 0.3 is 0 Å². The maximum atomic E-state index is 12.6. The van der Waals surface area contributed by atoms with E-state index in [9.17, 15) is 10.1 Å². The zero-order chi connectivity index (χ0) is 20.9. The van der Waals surface area contributed by atoms with Crippen molar-refractivity contribution in [3.05, 3.63) is 24.3 Å². The summed E-state index contributed by atoms with van der Waals surface area (Å²) in [6.45, 7) is 10.1. The smallest absolute Gasteiger partial charge is 0.234 e. The topological polar surface area (TPSA) is 92.8 Å². The molecule has 0 fully saturated rings. The number of benzene rings is 1. The maximum Gasteiger partial charge on any atom is 0.234 e. The fraction of sp³-hybridized carbons (Fsp3) is 0.500. The number of nitrogens with zero attached hydrogens (tertiary/aromatic N) is 4. The molecule has 1 aromatic carbocycles. The molecule has 0 unspecified atom stereocenters.